The van der Waals surface area contributed by atoms with Crippen LogP contribution in [-0.2, 0) is 5.75 Å². The van der Waals surface area contributed by atoms with E-state index in [4.69, 9.17) is 0 Å². The molecule has 1 aliphatic heterocycles. The molecule has 3 aromatic rings. The van der Waals surface area contributed by atoms with Crippen LogP contribution in [0, 0.1) is 0 Å². The quantitative estimate of drug-likeness (QED) is 0.750. The second kappa shape index (κ2) is 5.75. The molecule has 1 N–H and O–H groups in total. The van der Waals surface area contributed by atoms with Gasteiger partial charge in [-0.1, -0.05) is 53.4 Å². The van der Waals surface area contributed by atoms with Crippen molar-refractivity contribution in [2.45, 2.75) is 29.0 Å². The van der Waals surface area contributed by atoms with Gasteiger partial charge in [-0.3, -0.25) is 0 Å². The van der Waals surface area contributed by atoms with E-state index in [2.05, 4.69) is 44.9 Å². The fourth-order valence-electron chi connectivity index (χ4n) is 2.51. The van der Waals surface area contributed by atoms with Gasteiger partial charge < -0.3 is 5.32 Å². The van der Waals surface area contributed by atoms with Crippen LogP contribution in [0.4, 0.5) is 0 Å². The standard InChI is InChI=1S/C14H15N5S2/c1-2-5-10(6-3-1)9-20-14-18-19-12(11-7-4-8-15-11)16-17-13(19)21-14/h1-3,5-6,11,15H,4,7-9H2/t11-/m1/s1. The first-order chi connectivity index (χ1) is 10.4. The van der Waals surface area contributed by atoms with Gasteiger partial charge in [-0.05, 0) is 24.9 Å². The van der Waals surface area contributed by atoms with E-state index in [1.807, 2.05) is 10.6 Å². The Kier molecular flexibility index (Phi) is 3.62. The zero-order valence-electron chi connectivity index (χ0n) is 11.4. The summed E-state index contributed by atoms with van der Waals surface area (Å²) in [7, 11) is 0. The van der Waals surface area contributed by atoms with Crippen LogP contribution in [0.5, 0.6) is 0 Å². The summed E-state index contributed by atoms with van der Waals surface area (Å²) in [4.78, 5) is 0.884. The number of nitrogens with zero attached hydrogens (tertiary/aromatic N) is 4. The predicted molar refractivity (Wildman–Crippen MR) is 84.6 cm³/mol. The maximum Gasteiger partial charge on any atom is 0.235 e. The second-order valence-electron chi connectivity index (χ2n) is 5.04. The van der Waals surface area contributed by atoms with Crippen molar-refractivity contribution >= 4 is 28.1 Å². The third-order valence-corrected chi connectivity index (χ3v) is 5.68. The molecule has 0 radical (unpaired) electrons. The molecule has 0 saturated carbocycles. The lowest BCUT2D eigenvalue weighted by molar-refractivity contribution is 0.582. The van der Waals surface area contributed by atoms with Crippen molar-refractivity contribution in [1.29, 1.82) is 0 Å². The minimum atomic E-state index is 0.300. The number of rotatable bonds is 4. The Morgan fingerprint density at radius 2 is 2.19 bits per heavy atom. The van der Waals surface area contributed by atoms with Gasteiger partial charge in [0.25, 0.3) is 0 Å². The number of hydrogen-bond acceptors (Lipinski definition) is 6. The Balaban J connectivity index is 1.54. The van der Waals surface area contributed by atoms with Gasteiger partial charge in [-0.2, -0.15) is 4.52 Å². The first-order valence-electron chi connectivity index (χ1n) is 7.02. The Labute approximate surface area is 130 Å². The van der Waals surface area contributed by atoms with E-state index in [-0.39, 0.29) is 0 Å². The molecule has 5 nitrogen and oxygen atoms in total. The average Bonchev–Trinajstić information content (AvgIpc) is 3.22. The van der Waals surface area contributed by atoms with E-state index < -0.39 is 0 Å². The molecule has 1 fully saturated rings. The van der Waals surface area contributed by atoms with Gasteiger partial charge in [-0.25, -0.2) is 0 Å². The molecule has 1 atom stereocenters. The van der Waals surface area contributed by atoms with E-state index in [1.54, 1.807) is 23.1 Å². The number of hydrogen-bond donors (Lipinski definition) is 1. The number of fused-ring (bicyclic) bond motifs is 1. The monoisotopic (exact) mass is 317 g/mol. The summed E-state index contributed by atoms with van der Waals surface area (Å²) in [6.45, 7) is 1.05. The van der Waals surface area contributed by atoms with Gasteiger partial charge in [0.05, 0.1) is 6.04 Å². The van der Waals surface area contributed by atoms with Crippen LogP contribution >= 0.6 is 23.1 Å². The molecular weight excluding hydrogens is 302 g/mol. The molecule has 1 saturated heterocycles. The van der Waals surface area contributed by atoms with Gasteiger partial charge in [0.15, 0.2) is 10.2 Å². The van der Waals surface area contributed by atoms with Crippen molar-refractivity contribution in [2.75, 3.05) is 6.54 Å². The molecular formula is C14H15N5S2. The van der Waals surface area contributed by atoms with E-state index >= 15 is 0 Å². The highest BCUT2D eigenvalue weighted by molar-refractivity contribution is 8.00. The Morgan fingerprint density at radius 1 is 1.29 bits per heavy atom. The van der Waals surface area contributed by atoms with Crippen LogP contribution in [0.25, 0.3) is 4.96 Å². The minimum absolute atomic E-state index is 0.300. The number of thioether (sulfide) groups is 1. The van der Waals surface area contributed by atoms with E-state index in [1.165, 1.54) is 12.0 Å². The summed E-state index contributed by atoms with van der Waals surface area (Å²) in [6.07, 6.45) is 2.31. The van der Waals surface area contributed by atoms with Gasteiger partial charge in [0, 0.05) is 5.75 Å². The molecule has 0 aliphatic carbocycles. The molecule has 1 aliphatic rings. The van der Waals surface area contributed by atoms with Gasteiger partial charge in [-0.15, -0.1) is 15.3 Å². The largest absolute Gasteiger partial charge is 0.307 e. The number of nitrogens with one attached hydrogen (secondary N) is 1. The summed E-state index contributed by atoms with van der Waals surface area (Å²) in [5.74, 6) is 1.88. The molecule has 0 amide bonds. The third kappa shape index (κ3) is 2.68. The number of benzene rings is 1. The average molecular weight is 317 g/mol. The molecule has 7 heteroatoms. The van der Waals surface area contributed by atoms with Crippen molar-refractivity contribution in [3.8, 4) is 0 Å². The van der Waals surface area contributed by atoms with Crippen molar-refractivity contribution in [2.24, 2.45) is 0 Å². The summed E-state index contributed by atoms with van der Waals surface area (Å²) in [6, 6.07) is 10.8. The van der Waals surface area contributed by atoms with Gasteiger partial charge in [0.2, 0.25) is 4.96 Å². The molecule has 3 heterocycles. The summed E-state index contributed by atoms with van der Waals surface area (Å²) < 4.78 is 2.95. The van der Waals surface area contributed by atoms with E-state index in [0.717, 1.165) is 33.8 Å². The lowest BCUT2D eigenvalue weighted by Crippen LogP contribution is -2.16. The van der Waals surface area contributed by atoms with Crippen molar-refractivity contribution < 1.29 is 0 Å². The zero-order chi connectivity index (χ0) is 14.1. The molecule has 0 spiro atoms. The highest BCUT2D eigenvalue weighted by atomic mass is 32.2. The first kappa shape index (κ1) is 13.2. The van der Waals surface area contributed by atoms with Crippen LogP contribution in [0.3, 0.4) is 0 Å². The molecule has 0 unspecified atom stereocenters. The van der Waals surface area contributed by atoms with Crippen LogP contribution in [0.2, 0.25) is 0 Å². The molecule has 21 heavy (non-hydrogen) atoms. The smallest absolute Gasteiger partial charge is 0.235 e. The van der Waals surface area contributed by atoms with E-state index in [9.17, 15) is 0 Å². The molecule has 1 aromatic carbocycles. The predicted octanol–water partition coefficient (Wildman–Crippen LogP) is 2.90. The first-order valence-corrected chi connectivity index (χ1v) is 8.82. The Bertz CT molecular complexity index is 730. The highest BCUT2D eigenvalue weighted by Crippen LogP contribution is 2.29. The second-order valence-corrected chi connectivity index (χ2v) is 7.22. The minimum Gasteiger partial charge on any atom is -0.307 e. The lowest BCUT2D eigenvalue weighted by Gasteiger charge is -2.04. The Morgan fingerprint density at radius 3 is 3.00 bits per heavy atom. The van der Waals surface area contributed by atoms with Crippen molar-refractivity contribution in [1.82, 2.24) is 25.1 Å². The zero-order valence-corrected chi connectivity index (χ0v) is 13.0. The van der Waals surface area contributed by atoms with Crippen molar-refractivity contribution in [3.63, 3.8) is 0 Å². The van der Waals surface area contributed by atoms with Crippen molar-refractivity contribution in [3.05, 3.63) is 41.7 Å². The van der Waals surface area contributed by atoms with Gasteiger partial charge >= 0.3 is 0 Å². The maximum absolute atomic E-state index is 4.67. The fraction of sp³-hybridized carbons (Fsp3) is 0.357. The topological polar surface area (TPSA) is 55.1 Å². The normalized spacial score (nSPS) is 18.6. The van der Waals surface area contributed by atoms with Gasteiger partial charge in [0.1, 0.15) is 0 Å². The molecule has 108 valence electrons. The van der Waals surface area contributed by atoms with Crippen LogP contribution in [-0.4, -0.2) is 26.4 Å². The third-order valence-electron chi connectivity index (χ3n) is 3.57. The van der Waals surface area contributed by atoms with Crippen LogP contribution in [0.15, 0.2) is 34.7 Å². The van der Waals surface area contributed by atoms with E-state index in [0.29, 0.717) is 6.04 Å². The maximum atomic E-state index is 4.67. The fourth-order valence-corrected chi connectivity index (χ4v) is 4.35. The Hall–Kier alpha value is -1.44. The van der Waals surface area contributed by atoms with Crippen LogP contribution in [0.1, 0.15) is 30.3 Å². The molecule has 0 bridgehead atoms. The summed E-state index contributed by atoms with van der Waals surface area (Å²) in [5, 5.41) is 16.7. The lowest BCUT2D eigenvalue weighted by atomic mass is 10.2. The summed E-state index contributed by atoms with van der Waals surface area (Å²) in [5.41, 5.74) is 1.31. The molecule has 2 aromatic heterocycles. The number of aromatic nitrogens is 4. The van der Waals surface area contributed by atoms with Crippen LogP contribution < -0.4 is 5.32 Å². The summed E-state index contributed by atoms with van der Waals surface area (Å²) >= 11 is 3.36. The molecule has 4 rings (SSSR count). The SMILES string of the molecule is c1ccc(CSc2nn3c([C@H]4CCCN4)nnc3s2)cc1. The highest BCUT2D eigenvalue weighted by Gasteiger charge is 2.23.